The average molecular weight is 267 g/mol. The van der Waals surface area contributed by atoms with Crippen molar-refractivity contribution in [3.8, 4) is 0 Å². The maximum atomic E-state index is 11.6. The number of aliphatic hydroxyl groups is 1. The third-order valence-electron chi connectivity index (χ3n) is 2.36. The monoisotopic (exact) mass is 267 g/mol. The molecule has 0 spiro atoms. The van der Waals surface area contributed by atoms with Crippen molar-refractivity contribution in [2.75, 3.05) is 0 Å². The van der Waals surface area contributed by atoms with Crippen LogP contribution < -0.4 is 5.32 Å². The fourth-order valence-corrected chi connectivity index (χ4v) is 1.41. The Morgan fingerprint density at radius 1 is 1.11 bits per heavy atom. The van der Waals surface area contributed by atoms with Crippen LogP contribution in [0.25, 0.3) is 0 Å². The van der Waals surface area contributed by atoms with Gasteiger partial charge in [-0.05, 0) is 5.56 Å². The van der Waals surface area contributed by atoms with Crippen LogP contribution in [-0.4, -0.2) is 39.2 Å². The number of carbonyl (C=O) groups is 3. The van der Waals surface area contributed by atoms with Crippen molar-refractivity contribution in [2.45, 2.75) is 18.6 Å². The van der Waals surface area contributed by atoms with E-state index in [1.165, 1.54) is 12.1 Å². The lowest BCUT2D eigenvalue weighted by molar-refractivity contribution is -0.148. The second-order valence-corrected chi connectivity index (χ2v) is 3.81. The first-order valence-electron chi connectivity index (χ1n) is 5.39. The molecule has 0 aliphatic rings. The first kappa shape index (κ1) is 14.7. The molecule has 1 aromatic rings. The Balaban J connectivity index is 2.72. The molecule has 1 aromatic carbocycles. The third kappa shape index (κ3) is 4.40. The molecular formula is C12H13NO6. The molecule has 0 aliphatic carbocycles. The van der Waals surface area contributed by atoms with Crippen molar-refractivity contribution in [2.24, 2.45) is 0 Å². The lowest BCUT2D eigenvalue weighted by Crippen LogP contribution is -2.44. The quantitative estimate of drug-likeness (QED) is 0.564. The number of benzene rings is 1. The van der Waals surface area contributed by atoms with Crippen molar-refractivity contribution < 1.29 is 29.7 Å². The molecule has 0 aliphatic heterocycles. The molecule has 0 radical (unpaired) electrons. The number of hydrogen-bond acceptors (Lipinski definition) is 4. The van der Waals surface area contributed by atoms with E-state index in [1.54, 1.807) is 18.2 Å². The van der Waals surface area contributed by atoms with Crippen LogP contribution in [0, 0.1) is 0 Å². The van der Waals surface area contributed by atoms with E-state index < -0.39 is 36.4 Å². The molecular weight excluding hydrogens is 254 g/mol. The number of nitrogens with one attached hydrogen (secondary N) is 1. The van der Waals surface area contributed by atoms with E-state index in [9.17, 15) is 19.5 Å². The Morgan fingerprint density at radius 2 is 1.68 bits per heavy atom. The van der Waals surface area contributed by atoms with Gasteiger partial charge in [0.15, 0.2) is 6.10 Å². The molecule has 1 rings (SSSR count). The summed E-state index contributed by atoms with van der Waals surface area (Å²) >= 11 is 0. The van der Waals surface area contributed by atoms with Gasteiger partial charge in [0, 0.05) is 0 Å². The number of rotatable bonds is 6. The highest BCUT2D eigenvalue weighted by Gasteiger charge is 2.26. The van der Waals surface area contributed by atoms with Gasteiger partial charge < -0.3 is 20.6 Å². The van der Waals surface area contributed by atoms with Crippen molar-refractivity contribution in [3.05, 3.63) is 35.9 Å². The largest absolute Gasteiger partial charge is 0.481 e. The average Bonchev–Trinajstić information content (AvgIpc) is 2.37. The molecule has 1 unspecified atom stereocenters. The van der Waals surface area contributed by atoms with Gasteiger partial charge in [0.05, 0.1) is 6.42 Å². The maximum Gasteiger partial charge on any atom is 0.326 e. The molecule has 0 heterocycles. The van der Waals surface area contributed by atoms with Gasteiger partial charge in [-0.25, -0.2) is 4.79 Å². The molecule has 7 heteroatoms. The highest BCUT2D eigenvalue weighted by molar-refractivity contribution is 5.89. The van der Waals surface area contributed by atoms with E-state index in [2.05, 4.69) is 0 Å². The highest BCUT2D eigenvalue weighted by Crippen LogP contribution is 2.12. The minimum Gasteiger partial charge on any atom is -0.481 e. The van der Waals surface area contributed by atoms with Gasteiger partial charge in [-0.15, -0.1) is 0 Å². The van der Waals surface area contributed by atoms with E-state index >= 15 is 0 Å². The third-order valence-corrected chi connectivity index (χ3v) is 2.36. The molecule has 0 fully saturated rings. The van der Waals surface area contributed by atoms with Gasteiger partial charge >= 0.3 is 11.9 Å². The molecule has 7 nitrogen and oxygen atoms in total. The highest BCUT2D eigenvalue weighted by atomic mass is 16.4. The Morgan fingerprint density at radius 3 is 2.16 bits per heavy atom. The second-order valence-electron chi connectivity index (χ2n) is 3.81. The van der Waals surface area contributed by atoms with Crippen molar-refractivity contribution in [3.63, 3.8) is 0 Å². The van der Waals surface area contributed by atoms with Crippen molar-refractivity contribution in [1.82, 2.24) is 5.32 Å². The van der Waals surface area contributed by atoms with Gasteiger partial charge in [0.25, 0.3) is 5.91 Å². The number of aliphatic hydroxyl groups excluding tert-OH is 1. The summed E-state index contributed by atoms with van der Waals surface area (Å²) in [6, 6.07) is 6.33. The molecule has 2 atom stereocenters. The van der Waals surface area contributed by atoms with Crippen LogP contribution in [0.3, 0.4) is 0 Å². The Hall–Kier alpha value is -2.41. The van der Waals surface area contributed by atoms with Crippen molar-refractivity contribution in [1.29, 1.82) is 0 Å². The van der Waals surface area contributed by atoms with E-state index in [0.717, 1.165) is 0 Å². The summed E-state index contributed by atoms with van der Waals surface area (Å²) in [4.78, 5) is 32.9. The van der Waals surface area contributed by atoms with Crippen LogP contribution in [0.1, 0.15) is 18.1 Å². The predicted molar refractivity (Wildman–Crippen MR) is 63.2 cm³/mol. The van der Waals surface area contributed by atoms with Crippen LogP contribution in [0.5, 0.6) is 0 Å². The SMILES string of the molecule is O=C(O)C[C@@H](NC(=O)C(O)c1ccccc1)C(=O)O. The molecule has 4 N–H and O–H groups in total. The standard InChI is InChI=1S/C12H13NO6/c14-9(15)6-8(12(18)19)13-11(17)10(16)7-4-2-1-3-5-7/h1-5,8,10,16H,6H2,(H,13,17)(H,14,15)(H,18,19)/t8-,10?/m1/s1. The Bertz CT molecular complexity index is 472. The van der Waals surface area contributed by atoms with E-state index in [0.29, 0.717) is 5.56 Å². The van der Waals surface area contributed by atoms with Gasteiger partial charge in [0.1, 0.15) is 6.04 Å². The van der Waals surface area contributed by atoms with Crippen LogP contribution in [0.2, 0.25) is 0 Å². The minimum absolute atomic E-state index is 0.291. The number of amides is 1. The summed E-state index contributed by atoms with van der Waals surface area (Å²) in [6.45, 7) is 0. The first-order chi connectivity index (χ1) is 8.91. The Labute approximate surface area is 108 Å². The molecule has 0 saturated carbocycles. The number of carbonyl (C=O) groups excluding carboxylic acids is 1. The van der Waals surface area contributed by atoms with Crippen LogP contribution in [0.15, 0.2) is 30.3 Å². The van der Waals surface area contributed by atoms with Crippen LogP contribution in [0.4, 0.5) is 0 Å². The summed E-state index contributed by atoms with van der Waals surface area (Å²) < 4.78 is 0. The van der Waals surface area contributed by atoms with Gasteiger partial charge in [0.2, 0.25) is 0 Å². The molecule has 1 amide bonds. The minimum atomic E-state index is -1.58. The first-order valence-corrected chi connectivity index (χ1v) is 5.39. The van der Waals surface area contributed by atoms with Crippen LogP contribution in [-0.2, 0) is 14.4 Å². The van der Waals surface area contributed by atoms with Gasteiger partial charge in [-0.1, -0.05) is 30.3 Å². The summed E-state index contributed by atoms with van der Waals surface area (Å²) in [7, 11) is 0. The van der Waals surface area contributed by atoms with Crippen LogP contribution >= 0.6 is 0 Å². The van der Waals surface area contributed by atoms with E-state index in [-0.39, 0.29) is 0 Å². The van der Waals surface area contributed by atoms with Gasteiger partial charge in [-0.2, -0.15) is 0 Å². The molecule has 0 aromatic heterocycles. The predicted octanol–water partition coefficient (Wildman–Crippen LogP) is -0.236. The number of carboxylic acid groups (broad SMARTS) is 2. The molecule has 0 bridgehead atoms. The normalized spacial score (nSPS) is 13.3. The lowest BCUT2D eigenvalue weighted by Gasteiger charge is -2.16. The number of aliphatic carboxylic acids is 2. The maximum absolute atomic E-state index is 11.6. The van der Waals surface area contributed by atoms with E-state index in [4.69, 9.17) is 10.2 Å². The topological polar surface area (TPSA) is 124 Å². The van der Waals surface area contributed by atoms with E-state index in [1.807, 2.05) is 5.32 Å². The van der Waals surface area contributed by atoms with Gasteiger partial charge in [-0.3, -0.25) is 9.59 Å². The fourth-order valence-electron chi connectivity index (χ4n) is 1.41. The fraction of sp³-hybridized carbons (Fsp3) is 0.250. The molecule has 0 saturated heterocycles. The zero-order chi connectivity index (χ0) is 14.4. The summed E-state index contributed by atoms with van der Waals surface area (Å²) in [6.07, 6.45) is -2.31. The summed E-state index contributed by atoms with van der Waals surface area (Å²) in [5.41, 5.74) is 0.291. The second kappa shape index (κ2) is 6.50. The van der Waals surface area contributed by atoms with Crippen molar-refractivity contribution >= 4 is 17.8 Å². The lowest BCUT2D eigenvalue weighted by atomic mass is 10.1. The number of hydrogen-bond donors (Lipinski definition) is 4. The zero-order valence-electron chi connectivity index (χ0n) is 9.81. The number of carboxylic acids is 2. The summed E-state index contributed by atoms with van der Waals surface area (Å²) in [5, 5.41) is 29.0. The smallest absolute Gasteiger partial charge is 0.326 e. The molecule has 19 heavy (non-hydrogen) atoms. The molecule has 102 valence electrons. The summed E-state index contributed by atoms with van der Waals surface area (Å²) in [5.74, 6) is -3.79. The Kier molecular flexibility index (Phi) is 5.01. The zero-order valence-corrected chi connectivity index (χ0v) is 9.81.